The van der Waals surface area contributed by atoms with Crippen molar-refractivity contribution in [2.75, 3.05) is 39.4 Å². The number of hydrogen-bond acceptors (Lipinski definition) is 3. The summed E-state index contributed by atoms with van der Waals surface area (Å²) >= 11 is 0. The SMILES string of the molecule is CCCNCC1(CN(CC)C2CCCC2)CCOC1. The first-order valence-corrected chi connectivity index (χ1v) is 8.32. The van der Waals surface area contributed by atoms with Crippen molar-refractivity contribution in [2.24, 2.45) is 5.41 Å². The second kappa shape index (κ2) is 7.61. The summed E-state index contributed by atoms with van der Waals surface area (Å²) in [6, 6.07) is 0.841. The van der Waals surface area contributed by atoms with Gasteiger partial charge < -0.3 is 10.1 Å². The van der Waals surface area contributed by atoms with Crippen LogP contribution in [0.1, 0.15) is 52.4 Å². The molecule has 1 aliphatic heterocycles. The highest BCUT2D eigenvalue weighted by atomic mass is 16.5. The number of ether oxygens (including phenoxy) is 1. The Kier molecular flexibility index (Phi) is 6.11. The molecule has 0 aromatic carbocycles. The van der Waals surface area contributed by atoms with Gasteiger partial charge in [-0.2, -0.15) is 0 Å². The maximum Gasteiger partial charge on any atom is 0.0547 e. The van der Waals surface area contributed by atoms with Crippen molar-refractivity contribution < 1.29 is 4.74 Å². The van der Waals surface area contributed by atoms with Crippen molar-refractivity contribution in [3.05, 3.63) is 0 Å². The zero-order chi connectivity index (χ0) is 13.6. The standard InChI is InChI=1S/C16H32N2O/c1-3-10-17-12-16(9-11-19-14-16)13-18(4-2)15-7-5-6-8-15/h15,17H,3-14H2,1-2H3. The van der Waals surface area contributed by atoms with E-state index in [1.54, 1.807) is 0 Å². The highest BCUT2D eigenvalue weighted by Crippen LogP contribution is 2.32. The molecule has 0 spiro atoms. The van der Waals surface area contributed by atoms with Crippen LogP contribution < -0.4 is 5.32 Å². The van der Waals surface area contributed by atoms with Crippen LogP contribution in [-0.2, 0) is 4.74 Å². The first-order valence-electron chi connectivity index (χ1n) is 8.32. The Labute approximate surface area is 119 Å². The van der Waals surface area contributed by atoms with Gasteiger partial charge in [0.2, 0.25) is 0 Å². The zero-order valence-corrected chi connectivity index (χ0v) is 12.9. The molecule has 2 rings (SSSR count). The van der Waals surface area contributed by atoms with Gasteiger partial charge in [-0.05, 0) is 38.8 Å². The minimum absolute atomic E-state index is 0.369. The molecule has 1 N–H and O–H groups in total. The van der Waals surface area contributed by atoms with Crippen molar-refractivity contribution in [1.29, 1.82) is 0 Å². The average molecular weight is 268 g/mol. The van der Waals surface area contributed by atoms with Gasteiger partial charge >= 0.3 is 0 Å². The lowest BCUT2D eigenvalue weighted by Crippen LogP contribution is -2.47. The van der Waals surface area contributed by atoms with Crippen LogP contribution in [0.5, 0.6) is 0 Å². The molecule has 19 heavy (non-hydrogen) atoms. The molecule has 3 heteroatoms. The van der Waals surface area contributed by atoms with Crippen LogP contribution in [0.2, 0.25) is 0 Å². The summed E-state index contributed by atoms with van der Waals surface area (Å²) in [6.45, 7) is 11.2. The predicted molar refractivity (Wildman–Crippen MR) is 80.5 cm³/mol. The van der Waals surface area contributed by atoms with E-state index in [-0.39, 0.29) is 0 Å². The average Bonchev–Trinajstić information content (AvgIpc) is 3.08. The molecular formula is C16H32N2O. The summed E-state index contributed by atoms with van der Waals surface area (Å²) in [5.41, 5.74) is 0.369. The Morgan fingerprint density at radius 2 is 2.05 bits per heavy atom. The van der Waals surface area contributed by atoms with Crippen molar-refractivity contribution >= 4 is 0 Å². The first-order chi connectivity index (χ1) is 9.29. The predicted octanol–water partition coefficient (Wildman–Crippen LogP) is 2.66. The van der Waals surface area contributed by atoms with Crippen LogP contribution in [0.3, 0.4) is 0 Å². The number of nitrogens with zero attached hydrogens (tertiary/aromatic N) is 1. The lowest BCUT2D eigenvalue weighted by molar-refractivity contribution is 0.0891. The van der Waals surface area contributed by atoms with E-state index in [9.17, 15) is 0 Å². The van der Waals surface area contributed by atoms with Gasteiger partial charge in [0.25, 0.3) is 0 Å². The largest absolute Gasteiger partial charge is 0.381 e. The Bertz CT molecular complexity index is 245. The van der Waals surface area contributed by atoms with Crippen molar-refractivity contribution in [3.8, 4) is 0 Å². The van der Waals surface area contributed by atoms with Crippen LogP contribution in [0.25, 0.3) is 0 Å². The van der Waals surface area contributed by atoms with E-state index >= 15 is 0 Å². The summed E-state index contributed by atoms with van der Waals surface area (Å²) in [6.07, 6.45) is 8.13. The van der Waals surface area contributed by atoms with Crippen molar-refractivity contribution in [2.45, 2.75) is 58.4 Å². The molecule has 1 unspecified atom stereocenters. The van der Waals surface area contributed by atoms with Crippen LogP contribution in [0.15, 0.2) is 0 Å². The molecule has 1 aliphatic carbocycles. The first kappa shape index (κ1) is 15.3. The summed E-state index contributed by atoms with van der Waals surface area (Å²) in [5, 5.41) is 3.63. The lowest BCUT2D eigenvalue weighted by Gasteiger charge is -2.37. The number of nitrogens with one attached hydrogen (secondary N) is 1. The summed E-state index contributed by atoms with van der Waals surface area (Å²) in [7, 11) is 0. The molecule has 1 heterocycles. The van der Waals surface area contributed by atoms with Crippen molar-refractivity contribution in [3.63, 3.8) is 0 Å². The van der Waals surface area contributed by atoms with Crippen molar-refractivity contribution in [1.82, 2.24) is 10.2 Å². The van der Waals surface area contributed by atoms with Crippen LogP contribution in [0.4, 0.5) is 0 Å². The van der Waals surface area contributed by atoms with Crippen LogP contribution in [-0.4, -0.2) is 50.3 Å². The Morgan fingerprint density at radius 3 is 2.63 bits per heavy atom. The fraction of sp³-hybridized carbons (Fsp3) is 1.00. The Morgan fingerprint density at radius 1 is 1.26 bits per heavy atom. The molecule has 0 aromatic rings. The fourth-order valence-corrected chi connectivity index (χ4v) is 3.70. The highest BCUT2D eigenvalue weighted by molar-refractivity contribution is 4.90. The van der Waals surface area contributed by atoms with E-state index in [4.69, 9.17) is 4.74 Å². The summed E-state index contributed by atoms with van der Waals surface area (Å²) < 4.78 is 5.73. The van der Waals surface area contributed by atoms with E-state index in [1.165, 1.54) is 51.6 Å². The lowest BCUT2D eigenvalue weighted by atomic mass is 9.85. The molecule has 0 bridgehead atoms. The topological polar surface area (TPSA) is 24.5 Å². The van der Waals surface area contributed by atoms with Gasteiger partial charge in [-0.15, -0.1) is 0 Å². The van der Waals surface area contributed by atoms with E-state index in [1.807, 2.05) is 0 Å². The van der Waals surface area contributed by atoms with Crippen LogP contribution >= 0.6 is 0 Å². The summed E-state index contributed by atoms with van der Waals surface area (Å²) in [4.78, 5) is 2.73. The van der Waals surface area contributed by atoms with Gasteiger partial charge in [0.05, 0.1) is 6.61 Å². The number of rotatable bonds is 8. The van der Waals surface area contributed by atoms with E-state index in [2.05, 4.69) is 24.1 Å². The highest BCUT2D eigenvalue weighted by Gasteiger charge is 2.37. The number of hydrogen-bond donors (Lipinski definition) is 1. The molecular weight excluding hydrogens is 236 g/mol. The quantitative estimate of drug-likeness (QED) is 0.685. The molecule has 0 amide bonds. The molecule has 0 aromatic heterocycles. The second-order valence-electron chi connectivity index (χ2n) is 6.48. The molecule has 1 saturated carbocycles. The Hall–Kier alpha value is -0.120. The zero-order valence-electron chi connectivity index (χ0n) is 12.9. The van der Waals surface area contributed by atoms with E-state index in [0.29, 0.717) is 5.41 Å². The monoisotopic (exact) mass is 268 g/mol. The summed E-state index contributed by atoms with van der Waals surface area (Å²) in [5.74, 6) is 0. The molecule has 0 radical (unpaired) electrons. The maximum absolute atomic E-state index is 5.73. The fourth-order valence-electron chi connectivity index (χ4n) is 3.70. The third kappa shape index (κ3) is 4.17. The van der Waals surface area contributed by atoms with Gasteiger partial charge in [0.1, 0.15) is 0 Å². The molecule has 2 fully saturated rings. The second-order valence-corrected chi connectivity index (χ2v) is 6.48. The smallest absolute Gasteiger partial charge is 0.0547 e. The van der Waals surface area contributed by atoms with Crippen LogP contribution in [0, 0.1) is 5.41 Å². The molecule has 2 aliphatic rings. The molecule has 112 valence electrons. The molecule has 1 saturated heterocycles. The minimum Gasteiger partial charge on any atom is -0.381 e. The molecule has 1 atom stereocenters. The molecule has 3 nitrogen and oxygen atoms in total. The van der Waals surface area contributed by atoms with Gasteiger partial charge in [-0.3, -0.25) is 4.90 Å². The Balaban J connectivity index is 1.90. The van der Waals surface area contributed by atoms with E-state index in [0.717, 1.165) is 32.3 Å². The normalized spacial score (nSPS) is 28.6. The van der Waals surface area contributed by atoms with E-state index < -0.39 is 0 Å². The third-order valence-corrected chi connectivity index (χ3v) is 4.90. The maximum atomic E-state index is 5.73. The van der Waals surface area contributed by atoms with Gasteiger partial charge in [0, 0.05) is 31.2 Å². The van der Waals surface area contributed by atoms with Gasteiger partial charge in [-0.25, -0.2) is 0 Å². The minimum atomic E-state index is 0.369. The van der Waals surface area contributed by atoms with Gasteiger partial charge in [-0.1, -0.05) is 26.7 Å². The van der Waals surface area contributed by atoms with Gasteiger partial charge in [0.15, 0.2) is 0 Å². The third-order valence-electron chi connectivity index (χ3n) is 4.90.